The van der Waals surface area contributed by atoms with Crippen LogP contribution in [0.5, 0.6) is 5.75 Å². The molecule has 4 heteroatoms. The van der Waals surface area contributed by atoms with E-state index in [0.29, 0.717) is 13.0 Å². The van der Waals surface area contributed by atoms with E-state index in [2.05, 4.69) is 5.32 Å². The van der Waals surface area contributed by atoms with Crippen molar-refractivity contribution in [1.29, 1.82) is 0 Å². The number of carbonyl (C=O) groups excluding carboxylic acids is 1. The molecule has 0 spiro atoms. The van der Waals surface area contributed by atoms with Crippen molar-refractivity contribution in [2.45, 2.75) is 52.3 Å². The Labute approximate surface area is 115 Å². The van der Waals surface area contributed by atoms with E-state index in [9.17, 15) is 4.79 Å². The third-order valence-corrected chi connectivity index (χ3v) is 2.40. The molecule has 1 aromatic rings. The predicted molar refractivity (Wildman–Crippen MR) is 76.9 cm³/mol. The van der Waals surface area contributed by atoms with E-state index >= 15 is 0 Å². The fraction of sp³-hybridized carbons (Fsp3) is 0.533. The van der Waals surface area contributed by atoms with Crippen LogP contribution in [0, 0.1) is 0 Å². The van der Waals surface area contributed by atoms with Crippen LogP contribution in [-0.4, -0.2) is 17.6 Å². The number of ether oxygens (including phenoxy) is 1. The highest BCUT2D eigenvalue weighted by Crippen LogP contribution is 2.13. The lowest BCUT2D eigenvalue weighted by Gasteiger charge is -2.17. The molecule has 0 aliphatic rings. The summed E-state index contributed by atoms with van der Waals surface area (Å²) in [5.74, 6) is 0.808. The van der Waals surface area contributed by atoms with Gasteiger partial charge in [0.2, 0.25) is 5.91 Å². The molecule has 0 fully saturated rings. The van der Waals surface area contributed by atoms with Gasteiger partial charge in [-0.2, -0.15) is 0 Å². The van der Waals surface area contributed by atoms with Gasteiger partial charge in [0.1, 0.15) is 5.75 Å². The molecule has 0 aromatic heterocycles. The fourth-order valence-electron chi connectivity index (χ4n) is 1.63. The van der Waals surface area contributed by atoms with Gasteiger partial charge in [-0.25, -0.2) is 0 Å². The molecule has 0 heterocycles. The van der Waals surface area contributed by atoms with Crippen LogP contribution in [-0.2, 0) is 11.3 Å². The van der Waals surface area contributed by atoms with Crippen molar-refractivity contribution >= 4 is 5.91 Å². The number of hydrogen-bond donors (Lipinski definition) is 2. The summed E-state index contributed by atoms with van der Waals surface area (Å²) in [7, 11) is 0. The third kappa shape index (κ3) is 6.82. The van der Waals surface area contributed by atoms with Crippen LogP contribution >= 0.6 is 0 Å². The van der Waals surface area contributed by atoms with E-state index in [1.165, 1.54) is 0 Å². The molecule has 1 rings (SSSR count). The highest BCUT2D eigenvalue weighted by molar-refractivity contribution is 5.77. The minimum Gasteiger partial charge on any atom is -0.491 e. The Balaban J connectivity index is 2.44. The first-order valence-electron chi connectivity index (χ1n) is 6.57. The van der Waals surface area contributed by atoms with E-state index in [1.54, 1.807) is 0 Å². The molecule has 3 N–H and O–H groups in total. The lowest BCUT2D eigenvalue weighted by Crippen LogP contribution is -2.38. The quantitative estimate of drug-likeness (QED) is 0.828. The topological polar surface area (TPSA) is 64.3 Å². The molecule has 106 valence electrons. The molecule has 0 unspecified atom stereocenters. The Morgan fingerprint density at radius 2 is 1.89 bits per heavy atom. The SMILES string of the molecule is CC(C)Oc1ccc(CNC(=O)CC(C)(C)N)cc1. The normalized spacial score (nSPS) is 11.5. The van der Waals surface area contributed by atoms with E-state index < -0.39 is 5.54 Å². The van der Waals surface area contributed by atoms with Crippen molar-refractivity contribution in [3.8, 4) is 5.75 Å². The average Bonchev–Trinajstić information content (AvgIpc) is 2.25. The summed E-state index contributed by atoms with van der Waals surface area (Å²) in [4.78, 5) is 11.6. The second-order valence-electron chi connectivity index (χ2n) is 5.75. The van der Waals surface area contributed by atoms with Gasteiger partial charge in [0, 0.05) is 18.5 Å². The van der Waals surface area contributed by atoms with Crippen molar-refractivity contribution < 1.29 is 9.53 Å². The Morgan fingerprint density at radius 3 is 2.37 bits per heavy atom. The van der Waals surface area contributed by atoms with E-state index in [4.69, 9.17) is 10.5 Å². The van der Waals surface area contributed by atoms with Crippen LogP contribution in [0.1, 0.15) is 39.7 Å². The van der Waals surface area contributed by atoms with Gasteiger partial charge in [0.15, 0.2) is 0 Å². The predicted octanol–water partition coefficient (Wildman–Crippen LogP) is 2.22. The molecule has 0 bridgehead atoms. The zero-order valence-corrected chi connectivity index (χ0v) is 12.2. The van der Waals surface area contributed by atoms with Crippen molar-refractivity contribution in [3.63, 3.8) is 0 Å². The molecule has 0 aliphatic heterocycles. The minimum atomic E-state index is -0.473. The van der Waals surface area contributed by atoms with Crippen molar-refractivity contribution in [2.24, 2.45) is 5.73 Å². The lowest BCUT2D eigenvalue weighted by atomic mass is 10.0. The largest absolute Gasteiger partial charge is 0.491 e. The Morgan fingerprint density at radius 1 is 1.32 bits per heavy atom. The monoisotopic (exact) mass is 264 g/mol. The molecule has 0 aliphatic carbocycles. The van der Waals surface area contributed by atoms with E-state index in [0.717, 1.165) is 11.3 Å². The van der Waals surface area contributed by atoms with Crippen LogP contribution in [0.25, 0.3) is 0 Å². The summed E-state index contributed by atoms with van der Waals surface area (Å²) in [5.41, 5.74) is 6.36. The smallest absolute Gasteiger partial charge is 0.222 e. The highest BCUT2D eigenvalue weighted by Gasteiger charge is 2.15. The first-order valence-corrected chi connectivity index (χ1v) is 6.57. The molecule has 4 nitrogen and oxygen atoms in total. The zero-order valence-electron chi connectivity index (χ0n) is 12.2. The number of nitrogens with two attached hydrogens (primary N) is 1. The number of carbonyl (C=O) groups is 1. The molecule has 0 saturated heterocycles. The molecule has 1 amide bonds. The highest BCUT2D eigenvalue weighted by atomic mass is 16.5. The number of rotatable bonds is 6. The first-order chi connectivity index (χ1) is 8.76. The van der Waals surface area contributed by atoms with E-state index in [-0.39, 0.29) is 12.0 Å². The number of nitrogens with one attached hydrogen (secondary N) is 1. The van der Waals surface area contributed by atoms with Crippen LogP contribution < -0.4 is 15.8 Å². The molecular weight excluding hydrogens is 240 g/mol. The maximum Gasteiger partial charge on any atom is 0.222 e. The molecule has 0 saturated carbocycles. The fourth-order valence-corrected chi connectivity index (χ4v) is 1.63. The zero-order chi connectivity index (χ0) is 14.5. The number of amides is 1. The molecule has 0 atom stereocenters. The molecule has 0 radical (unpaired) electrons. The summed E-state index contributed by atoms with van der Waals surface area (Å²) in [5, 5.41) is 2.86. The third-order valence-electron chi connectivity index (χ3n) is 2.40. The van der Waals surface area contributed by atoms with Gasteiger partial charge in [-0.3, -0.25) is 4.79 Å². The number of benzene rings is 1. The van der Waals surface area contributed by atoms with Crippen LogP contribution in [0.4, 0.5) is 0 Å². The summed E-state index contributed by atoms with van der Waals surface area (Å²) in [6.45, 7) is 8.16. The van der Waals surface area contributed by atoms with Gasteiger partial charge >= 0.3 is 0 Å². The molecular formula is C15H24N2O2. The van der Waals surface area contributed by atoms with Crippen LogP contribution in [0.2, 0.25) is 0 Å². The Kier molecular flexibility index (Phi) is 5.36. The van der Waals surface area contributed by atoms with Crippen molar-refractivity contribution in [2.75, 3.05) is 0 Å². The second kappa shape index (κ2) is 6.57. The summed E-state index contributed by atoms with van der Waals surface area (Å²) in [6.07, 6.45) is 0.485. The van der Waals surface area contributed by atoms with E-state index in [1.807, 2.05) is 52.0 Å². The van der Waals surface area contributed by atoms with Crippen molar-refractivity contribution in [3.05, 3.63) is 29.8 Å². The summed E-state index contributed by atoms with van der Waals surface area (Å²) in [6, 6.07) is 7.72. The van der Waals surface area contributed by atoms with Gasteiger partial charge in [0.05, 0.1) is 6.10 Å². The number of hydrogen-bond acceptors (Lipinski definition) is 3. The maximum atomic E-state index is 11.6. The maximum absolute atomic E-state index is 11.6. The summed E-state index contributed by atoms with van der Waals surface area (Å²) >= 11 is 0. The molecule has 1 aromatic carbocycles. The van der Waals surface area contributed by atoms with Crippen molar-refractivity contribution in [1.82, 2.24) is 5.32 Å². The Bertz CT molecular complexity index is 405. The lowest BCUT2D eigenvalue weighted by molar-refractivity contribution is -0.122. The van der Waals surface area contributed by atoms with Gasteiger partial charge in [-0.15, -0.1) is 0 Å². The van der Waals surface area contributed by atoms with Crippen LogP contribution in [0.3, 0.4) is 0 Å². The standard InChI is InChI=1S/C15H24N2O2/c1-11(2)19-13-7-5-12(6-8-13)10-17-14(18)9-15(3,4)16/h5-8,11H,9-10,16H2,1-4H3,(H,17,18). The second-order valence-corrected chi connectivity index (χ2v) is 5.75. The minimum absolute atomic E-state index is 0.0324. The van der Waals surface area contributed by atoms with Gasteiger partial charge < -0.3 is 15.8 Å². The average molecular weight is 264 g/mol. The van der Waals surface area contributed by atoms with Gasteiger partial charge in [-0.1, -0.05) is 12.1 Å². The van der Waals surface area contributed by atoms with Gasteiger partial charge in [0.25, 0.3) is 0 Å². The molecule has 19 heavy (non-hydrogen) atoms. The van der Waals surface area contributed by atoms with Gasteiger partial charge in [-0.05, 0) is 45.4 Å². The summed E-state index contributed by atoms with van der Waals surface area (Å²) < 4.78 is 5.56. The first kappa shape index (κ1) is 15.5. The van der Waals surface area contributed by atoms with Crippen LogP contribution in [0.15, 0.2) is 24.3 Å². The Hall–Kier alpha value is -1.55.